The summed E-state index contributed by atoms with van der Waals surface area (Å²) in [6.45, 7) is 9.43. The molecule has 1 rings (SSSR count). The molecule has 1 heterocycles. The van der Waals surface area contributed by atoms with Gasteiger partial charge in [-0.3, -0.25) is 0 Å². The van der Waals surface area contributed by atoms with Crippen LogP contribution in [0.3, 0.4) is 0 Å². The number of aliphatic hydroxyl groups excluding tert-OH is 1. The van der Waals surface area contributed by atoms with E-state index in [0.29, 0.717) is 12.6 Å². The molecule has 0 aromatic rings. The monoisotopic (exact) mass is 244 g/mol. The number of hydrogen-bond donors (Lipinski definition) is 2. The third-order valence-electron chi connectivity index (χ3n) is 3.39. The zero-order valence-corrected chi connectivity index (χ0v) is 11.3. The van der Waals surface area contributed by atoms with Gasteiger partial charge in [-0.1, -0.05) is 13.8 Å². The van der Waals surface area contributed by atoms with Gasteiger partial charge < -0.3 is 20.1 Å². The van der Waals surface area contributed by atoms with E-state index in [4.69, 9.17) is 4.74 Å². The second-order valence-corrected chi connectivity index (χ2v) is 4.79. The third kappa shape index (κ3) is 6.36. The topological polar surface area (TPSA) is 44.7 Å². The van der Waals surface area contributed by atoms with E-state index in [9.17, 15) is 5.11 Å². The molecule has 102 valence electrons. The van der Waals surface area contributed by atoms with Gasteiger partial charge in [-0.2, -0.15) is 0 Å². The third-order valence-corrected chi connectivity index (χ3v) is 3.39. The Morgan fingerprint density at radius 2 is 2.12 bits per heavy atom. The first-order chi connectivity index (χ1) is 8.26. The normalized spacial score (nSPS) is 22.9. The highest BCUT2D eigenvalue weighted by atomic mass is 16.5. The average molecular weight is 244 g/mol. The van der Waals surface area contributed by atoms with Gasteiger partial charge in [0.1, 0.15) is 0 Å². The van der Waals surface area contributed by atoms with E-state index in [1.807, 2.05) is 0 Å². The smallest absolute Gasteiger partial charge is 0.0791 e. The summed E-state index contributed by atoms with van der Waals surface area (Å²) in [6.07, 6.45) is 3.69. The SMILES string of the molecule is CCN(CC)CC(O)CNCC1CCCCO1. The summed E-state index contributed by atoms with van der Waals surface area (Å²) < 4.78 is 5.63. The predicted molar refractivity (Wildman–Crippen MR) is 70.3 cm³/mol. The highest BCUT2D eigenvalue weighted by Crippen LogP contribution is 2.11. The number of nitrogens with zero attached hydrogens (tertiary/aromatic N) is 1. The van der Waals surface area contributed by atoms with Crippen LogP contribution in [0, 0.1) is 0 Å². The summed E-state index contributed by atoms with van der Waals surface area (Å²) in [7, 11) is 0. The summed E-state index contributed by atoms with van der Waals surface area (Å²) in [5, 5.41) is 13.2. The Labute approximate surface area is 105 Å². The van der Waals surface area contributed by atoms with Crippen LogP contribution in [-0.2, 0) is 4.74 Å². The molecule has 1 aliphatic heterocycles. The number of ether oxygens (including phenoxy) is 1. The molecule has 2 atom stereocenters. The fourth-order valence-corrected chi connectivity index (χ4v) is 2.22. The molecule has 0 radical (unpaired) electrons. The minimum atomic E-state index is -0.279. The zero-order chi connectivity index (χ0) is 12.5. The lowest BCUT2D eigenvalue weighted by Gasteiger charge is -2.25. The lowest BCUT2D eigenvalue weighted by Crippen LogP contribution is -2.41. The Bertz CT molecular complexity index is 180. The van der Waals surface area contributed by atoms with Crippen molar-refractivity contribution in [2.24, 2.45) is 0 Å². The molecular formula is C13H28N2O2. The van der Waals surface area contributed by atoms with E-state index in [0.717, 1.165) is 39.2 Å². The molecule has 0 bridgehead atoms. The van der Waals surface area contributed by atoms with Crippen molar-refractivity contribution in [3.8, 4) is 0 Å². The van der Waals surface area contributed by atoms with Crippen molar-refractivity contribution in [1.82, 2.24) is 10.2 Å². The summed E-state index contributed by atoms with van der Waals surface area (Å²) >= 11 is 0. The van der Waals surface area contributed by atoms with Gasteiger partial charge in [0.05, 0.1) is 12.2 Å². The molecule has 0 aliphatic carbocycles. The van der Waals surface area contributed by atoms with Crippen molar-refractivity contribution < 1.29 is 9.84 Å². The summed E-state index contributed by atoms with van der Waals surface area (Å²) in [4.78, 5) is 2.24. The van der Waals surface area contributed by atoms with Gasteiger partial charge in [0.2, 0.25) is 0 Å². The number of nitrogens with one attached hydrogen (secondary N) is 1. The van der Waals surface area contributed by atoms with E-state index in [-0.39, 0.29) is 6.10 Å². The van der Waals surface area contributed by atoms with E-state index in [1.54, 1.807) is 0 Å². The van der Waals surface area contributed by atoms with E-state index < -0.39 is 0 Å². The van der Waals surface area contributed by atoms with Crippen LogP contribution < -0.4 is 5.32 Å². The molecule has 4 nitrogen and oxygen atoms in total. The maximum Gasteiger partial charge on any atom is 0.0791 e. The Kier molecular flexibility index (Phi) is 7.77. The molecule has 1 saturated heterocycles. The molecule has 4 heteroatoms. The molecule has 1 fully saturated rings. The Morgan fingerprint density at radius 1 is 1.35 bits per heavy atom. The van der Waals surface area contributed by atoms with Gasteiger partial charge in [-0.15, -0.1) is 0 Å². The van der Waals surface area contributed by atoms with Crippen LogP contribution in [0.15, 0.2) is 0 Å². The quantitative estimate of drug-likeness (QED) is 0.664. The Morgan fingerprint density at radius 3 is 2.71 bits per heavy atom. The number of hydrogen-bond acceptors (Lipinski definition) is 4. The van der Waals surface area contributed by atoms with Crippen LogP contribution in [0.25, 0.3) is 0 Å². The largest absolute Gasteiger partial charge is 0.390 e. The molecule has 0 spiro atoms. The van der Waals surface area contributed by atoms with Gasteiger partial charge >= 0.3 is 0 Å². The van der Waals surface area contributed by atoms with Crippen LogP contribution in [0.4, 0.5) is 0 Å². The molecule has 0 aromatic carbocycles. The molecule has 2 unspecified atom stereocenters. The van der Waals surface area contributed by atoms with E-state index in [1.165, 1.54) is 12.8 Å². The summed E-state index contributed by atoms with van der Waals surface area (Å²) in [6, 6.07) is 0. The fraction of sp³-hybridized carbons (Fsp3) is 1.00. The van der Waals surface area contributed by atoms with Crippen LogP contribution in [0.2, 0.25) is 0 Å². The standard InChI is InChI=1S/C13H28N2O2/c1-3-15(4-2)11-12(16)9-14-10-13-7-5-6-8-17-13/h12-14,16H,3-11H2,1-2H3. The first kappa shape index (κ1) is 14.9. The minimum absolute atomic E-state index is 0.279. The highest BCUT2D eigenvalue weighted by molar-refractivity contribution is 4.70. The maximum absolute atomic E-state index is 9.87. The van der Waals surface area contributed by atoms with Gasteiger partial charge in [-0.25, -0.2) is 0 Å². The molecular weight excluding hydrogens is 216 g/mol. The maximum atomic E-state index is 9.87. The second-order valence-electron chi connectivity index (χ2n) is 4.79. The molecule has 0 aromatic heterocycles. The zero-order valence-electron chi connectivity index (χ0n) is 11.3. The van der Waals surface area contributed by atoms with Crippen molar-refractivity contribution in [3.63, 3.8) is 0 Å². The number of rotatable bonds is 8. The minimum Gasteiger partial charge on any atom is -0.390 e. The Hall–Kier alpha value is -0.160. The lowest BCUT2D eigenvalue weighted by atomic mass is 10.1. The number of aliphatic hydroxyl groups is 1. The highest BCUT2D eigenvalue weighted by Gasteiger charge is 2.14. The van der Waals surface area contributed by atoms with E-state index >= 15 is 0 Å². The predicted octanol–water partition coefficient (Wildman–Crippen LogP) is 0.848. The van der Waals surface area contributed by atoms with Gasteiger partial charge in [0, 0.05) is 26.2 Å². The molecule has 17 heavy (non-hydrogen) atoms. The molecule has 0 amide bonds. The van der Waals surface area contributed by atoms with Gasteiger partial charge in [0.15, 0.2) is 0 Å². The first-order valence-electron chi connectivity index (χ1n) is 6.99. The van der Waals surface area contributed by atoms with Crippen LogP contribution in [-0.4, -0.2) is 61.5 Å². The molecule has 1 aliphatic rings. The van der Waals surface area contributed by atoms with Crippen molar-refractivity contribution in [3.05, 3.63) is 0 Å². The van der Waals surface area contributed by atoms with Crippen molar-refractivity contribution in [2.45, 2.75) is 45.3 Å². The van der Waals surface area contributed by atoms with Crippen LogP contribution in [0.5, 0.6) is 0 Å². The van der Waals surface area contributed by atoms with Gasteiger partial charge in [0.25, 0.3) is 0 Å². The lowest BCUT2D eigenvalue weighted by molar-refractivity contribution is 0.0145. The fourth-order valence-electron chi connectivity index (χ4n) is 2.22. The average Bonchev–Trinajstić information content (AvgIpc) is 2.37. The first-order valence-corrected chi connectivity index (χ1v) is 6.99. The molecule has 0 saturated carbocycles. The molecule has 2 N–H and O–H groups in total. The second kappa shape index (κ2) is 8.86. The Balaban J connectivity index is 2.04. The van der Waals surface area contributed by atoms with Crippen LogP contribution >= 0.6 is 0 Å². The van der Waals surface area contributed by atoms with Crippen molar-refractivity contribution >= 4 is 0 Å². The summed E-state index contributed by atoms with van der Waals surface area (Å²) in [5.74, 6) is 0. The van der Waals surface area contributed by atoms with E-state index in [2.05, 4.69) is 24.1 Å². The summed E-state index contributed by atoms with van der Waals surface area (Å²) in [5.41, 5.74) is 0. The van der Waals surface area contributed by atoms with Gasteiger partial charge in [-0.05, 0) is 32.4 Å². The van der Waals surface area contributed by atoms with Crippen LogP contribution in [0.1, 0.15) is 33.1 Å². The number of likely N-dealkylation sites (N-methyl/N-ethyl adjacent to an activating group) is 1. The van der Waals surface area contributed by atoms with Crippen molar-refractivity contribution in [1.29, 1.82) is 0 Å². The van der Waals surface area contributed by atoms with Crippen molar-refractivity contribution in [2.75, 3.05) is 39.3 Å².